The molecule has 0 atom stereocenters. The van der Waals surface area contributed by atoms with Gasteiger partial charge in [-0.15, -0.1) is 0 Å². The van der Waals surface area contributed by atoms with Crippen LogP contribution in [0.2, 0.25) is 0 Å². The van der Waals surface area contributed by atoms with Gasteiger partial charge in [-0.3, -0.25) is 4.79 Å². The fourth-order valence-corrected chi connectivity index (χ4v) is 4.13. The van der Waals surface area contributed by atoms with E-state index in [4.69, 9.17) is 5.73 Å². The Bertz CT molecular complexity index is 362. The van der Waals surface area contributed by atoms with Crippen LogP contribution in [-0.4, -0.2) is 50.4 Å². The van der Waals surface area contributed by atoms with Crippen LogP contribution in [0.1, 0.15) is 38.5 Å². The van der Waals surface area contributed by atoms with Crippen LogP contribution >= 0.6 is 0 Å². The van der Waals surface area contributed by atoms with Gasteiger partial charge in [-0.1, -0.05) is 12.8 Å². The van der Waals surface area contributed by atoms with Gasteiger partial charge >= 0.3 is 0 Å². The smallest absolute Gasteiger partial charge is 0.223 e. The van der Waals surface area contributed by atoms with Gasteiger partial charge in [-0.25, -0.2) is 8.42 Å². The van der Waals surface area contributed by atoms with Crippen LogP contribution in [0.4, 0.5) is 0 Å². The van der Waals surface area contributed by atoms with Crippen molar-refractivity contribution in [1.29, 1.82) is 0 Å². The molecule has 1 aliphatic rings. The molecule has 0 unspecified atom stereocenters. The standard InChI is InChI=1S/C12H24N2O3S/c1-14(9-4-8-13)12(15)7-10-18(16,17)11-5-2-3-6-11/h11H,2-10,13H2,1H3. The number of amides is 1. The lowest BCUT2D eigenvalue weighted by Gasteiger charge is -2.17. The van der Waals surface area contributed by atoms with Crippen LogP contribution in [0.15, 0.2) is 0 Å². The van der Waals surface area contributed by atoms with Gasteiger partial charge < -0.3 is 10.6 Å². The largest absolute Gasteiger partial charge is 0.346 e. The second-order valence-electron chi connectivity index (χ2n) is 4.98. The third-order valence-electron chi connectivity index (χ3n) is 3.53. The SMILES string of the molecule is CN(CCCN)C(=O)CCS(=O)(=O)C1CCCC1. The second kappa shape index (κ2) is 7.09. The van der Waals surface area contributed by atoms with Crippen LogP contribution in [-0.2, 0) is 14.6 Å². The van der Waals surface area contributed by atoms with Crippen molar-refractivity contribution in [3.8, 4) is 0 Å². The minimum atomic E-state index is -3.08. The molecular formula is C12H24N2O3S. The number of nitrogens with two attached hydrogens (primary N) is 1. The first-order chi connectivity index (χ1) is 8.47. The molecule has 5 nitrogen and oxygen atoms in total. The summed E-state index contributed by atoms with van der Waals surface area (Å²) in [5, 5.41) is -0.209. The molecule has 2 N–H and O–H groups in total. The molecule has 1 saturated carbocycles. The monoisotopic (exact) mass is 276 g/mol. The second-order valence-corrected chi connectivity index (χ2v) is 7.38. The maximum absolute atomic E-state index is 12.0. The molecule has 1 rings (SSSR count). The van der Waals surface area contributed by atoms with Crippen molar-refractivity contribution in [3.63, 3.8) is 0 Å². The van der Waals surface area contributed by atoms with E-state index in [2.05, 4.69) is 0 Å². The molecule has 1 fully saturated rings. The summed E-state index contributed by atoms with van der Waals surface area (Å²) in [7, 11) is -1.39. The van der Waals surface area contributed by atoms with E-state index in [1.807, 2.05) is 0 Å². The molecule has 18 heavy (non-hydrogen) atoms. The minimum absolute atomic E-state index is 0.0105. The Morgan fingerprint density at radius 1 is 1.33 bits per heavy atom. The molecule has 0 heterocycles. The van der Waals surface area contributed by atoms with E-state index in [0.717, 1.165) is 32.1 Å². The summed E-state index contributed by atoms with van der Waals surface area (Å²) in [6.07, 6.45) is 4.36. The number of nitrogens with zero attached hydrogens (tertiary/aromatic N) is 1. The van der Waals surface area contributed by atoms with Crippen molar-refractivity contribution >= 4 is 15.7 Å². The average molecular weight is 276 g/mol. The van der Waals surface area contributed by atoms with Gasteiger partial charge in [0.05, 0.1) is 11.0 Å². The van der Waals surface area contributed by atoms with Crippen LogP contribution in [0.25, 0.3) is 0 Å². The summed E-state index contributed by atoms with van der Waals surface area (Å²) >= 11 is 0. The molecule has 0 aliphatic heterocycles. The van der Waals surface area contributed by atoms with Crippen molar-refractivity contribution in [2.45, 2.75) is 43.8 Å². The Kier molecular flexibility index (Phi) is 6.08. The lowest BCUT2D eigenvalue weighted by molar-refractivity contribution is -0.129. The fraction of sp³-hybridized carbons (Fsp3) is 0.917. The summed E-state index contributed by atoms with van der Waals surface area (Å²) in [5.41, 5.74) is 5.37. The first-order valence-electron chi connectivity index (χ1n) is 6.63. The van der Waals surface area contributed by atoms with Crippen molar-refractivity contribution in [2.24, 2.45) is 5.73 Å². The molecule has 1 amide bonds. The highest BCUT2D eigenvalue weighted by molar-refractivity contribution is 7.92. The molecule has 0 saturated heterocycles. The van der Waals surface area contributed by atoms with E-state index in [1.54, 1.807) is 11.9 Å². The van der Waals surface area contributed by atoms with E-state index in [9.17, 15) is 13.2 Å². The van der Waals surface area contributed by atoms with E-state index >= 15 is 0 Å². The maximum atomic E-state index is 12.0. The summed E-state index contributed by atoms with van der Waals surface area (Å²) < 4.78 is 24.0. The normalized spacial score (nSPS) is 17.0. The van der Waals surface area contributed by atoms with E-state index in [-0.39, 0.29) is 23.3 Å². The lowest BCUT2D eigenvalue weighted by Crippen LogP contribution is -2.31. The van der Waals surface area contributed by atoms with Crippen molar-refractivity contribution in [1.82, 2.24) is 4.90 Å². The summed E-state index contributed by atoms with van der Waals surface area (Å²) in [6.45, 7) is 1.14. The molecular weight excluding hydrogens is 252 g/mol. The lowest BCUT2D eigenvalue weighted by atomic mass is 10.3. The predicted molar refractivity (Wildman–Crippen MR) is 72.0 cm³/mol. The summed E-state index contributed by atoms with van der Waals surface area (Å²) in [5.74, 6) is -0.117. The maximum Gasteiger partial charge on any atom is 0.223 e. The highest BCUT2D eigenvalue weighted by Gasteiger charge is 2.29. The topological polar surface area (TPSA) is 80.5 Å². The van der Waals surface area contributed by atoms with Crippen LogP contribution in [0.5, 0.6) is 0 Å². The first kappa shape index (κ1) is 15.4. The third-order valence-corrected chi connectivity index (χ3v) is 5.79. The van der Waals surface area contributed by atoms with Gasteiger partial charge in [0.2, 0.25) is 5.91 Å². The Morgan fingerprint density at radius 2 is 1.94 bits per heavy atom. The zero-order chi connectivity index (χ0) is 13.6. The van der Waals surface area contributed by atoms with E-state index < -0.39 is 9.84 Å². The van der Waals surface area contributed by atoms with Crippen LogP contribution in [0, 0.1) is 0 Å². The molecule has 0 aromatic carbocycles. The van der Waals surface area contributed by atoms with Gasteiger partial charge in [-0.2, -0.15) is 0 Å². The molecule has 0 spiro atoms. The summed E-state index contributed by atoms with van der Waals surface area (Å²) in [6, 6.07) is 0. The van der Waals surface area contributed by atoms with Gasteiger partial charge in [0.1, 0.15) is 0 Å². The molecule has 0 aromatic heterocycles. The molecule has 6 heteroatoms. The quantitative estimate of drug-likeness (QED) is 0.736. The molecule has 0 aromatic rings. The van der Waals surface area contributed by atoms with Gasteiger partial charge in [0, 0.05) is 20.0 Å². The van der Waals surface area contributed by atoms with E-state index in [1.165, 1.54) is 0 Å². The Balaban J connectivity index is 2.37. The van der Waals surface area contributed by atoms with Crippen LogP contribution in [0.3, 0.4) is 0 Å². The van der Waals surface area contributed by atoms with Crippen molar-refractivity contribution in [3.05, 3.63) is 0 Å². The minimum Gasteiger partial charge on any atom is -0.346 e. The number of carbonyl (C=O) groups excluding carboxylic acids is 1. The Hall–Kier alpha value is -0.620. The number of carbonyl (C=O) groups is 1. The van der Waals surface area contributed by atoms with E-state index in [0.29, 0.717) is 13.1 Å². The average Bonchev–Trinajstić information content (AvgIpc) is 2.87. The van der Waals surface area contributed by atoms with Crippen molar-refractivity contribution in [2.75, 3.05) is 25.9 Å². The zero-order valence-corrected chi connectivity index (χ0v) is 11.9. The molecule has 0 bridgehead atoms. The highest BCUT2D eigenvalue weighted by Crippen LogP contribution is 2.25. The van der Waals surface area contributed by atoms with Gasteiger partial charge in [0.25, 0.3) is 0 Å². The highest BCUT2D eigenvalue weighted by atomic mass is 32.2. The van der Waals surface area contributed by atoms with Crippen LogP contribution < -0.4 is 5.73 Å². The summed E-state index contributed by atoms with van der Waals surface area (Å²) in [4.78, 5) is 13.3. The zero-order valence-electron chi connectivity index (χ0n) is 11.1. The van der Waals surface area contributed by atoms with Gasteiger partial charge in [-0.05, 0) is 25.8 Å². The first-order valence-corrected chi connectivity index (χ1v) is 8.34. The van der Waals surface area contributed by atoms with Gasteiger partial charge in [0.15, 0.2) is 9.84 Å². The van der Waals surface area contributed by atoms with Crippen molar-refractivity contribution < 1.29 is 13.2 Å². The number of sulfone groups is 1. The number of hydrogen-bond acceptors (Lipinski definition) is 4. The third kappa shape index (κ3) is 4.57. The predicted octanol–water partition coefficient (Wildman–Crippen LogP) is 0.541. The molecule has 106 valence electrons. The molecule has 0 radical (unpaired) electrons. The number of hydrogen-bond donors (Lipinski definition) is 1. The Labute approximate surface area is 110 Å². The number of rotatable bonds is 7. The Morgan fingerprint density at radius 3 is 2.50 bits per heavy atom. The molecule has 1 aliphatic carbocycles. The fourth-order valence-electron chi connectivity index (χ4n) is 2.29.